The van der Waals surface area contributed by atoms with Crippen LogP contribution in [0.5, 0.6) is 11.5 Å². The second kappa shape index (κ2) is 9.59. The van der Waals surface area contributed by atoms with Crippen LogP contribution >= 0.6 is 15.9 Å². The zero-order valence-corrected chi connectivity index (χ0v) is 18.5. The molecule has 0 spiro atoms. The topological polar surface area (TPSA) is 79.7 Å². The number of hydrogen-bond acceptors (Lipinski definition) is 7. The molecule has 0 amide bonds. The Labute approximate surface area is 187 Å². The number of hydrogen-bond donors (Lipinski definition) is 2. The molecule has 2 aromatic carbocycles. The third-order valence-corrected chi connectivity index (χ3v) is 5.39. The maximum atomic E-state index is 14.3. The van der Waals surface area contributed by atoms with E-state index in [2.05, 4.69) is 48.3 Å². The van der Waals surface area contributed by atoms with Gasteiger partial charge in [0.25, 0.3) is 0 Å². The molecular formula is C22H22BrFN4O3. The summed E-state index contributed by atoms with van der Waals surface area (Å²) in [7, 11) is 1.53. The molecule has 1 aliphatic rings. The van der Waals surface area contributed by atoms with Gasteiger partial charge in [0.05, 0.1) is 18.3 Å². The first-order chi connectivity index (χ1) is 15.0. The molecule has 2 heterocycles. The molecule has 0 radical (unpaired) electrons. The van der Waals surface area contributed by atoms with Crippen LogP contribution in [-0.2, 0) is 0 Å². The van der Waals surface area contributed by atoms with Gasteiger partial charge >= 0.3 is 0 Å². The summed E-state index contributed by atoms with van der Waals surface area (Å²) >= 11 is 3.25. The van der Waals surface area contributed by atoms with Gasteiger partial charge in [0.15, 0.2) is 11.5 Å². The predicted octanol–water partition coefficient (Wildman–Crippen LogP) is 3.90. The first kappa shape index (κ1) is 21.5. The van der Waals surface area contributed by atoms with E-state index in [9.17, 15) is 9.50 Å². The van der Waals surface area contributed by atoms with E-state index < -0.39 is 11.9 Å². The number of aliphatic hydroxyl groups excluding tert-OH is 1. The second-order valence-electron chi connectivity index (χ2n) is 7.15. The van der Waals surface area contributed by atoms with Crippen molar-refractivity contribution >= 4 is 38.3 Å². The molecule has 7 nitrogen and oxygen atoms in total. The molecule has 0 fully saturated rings. The van der Waals surface area contributed by atoms with E-state index in [1.54, 1.807) is 24.3 Å². The number of fused-ring (bicyclic) bond motifs is 1. The number of aliphatic hydroxyl groups is 1. The Kier molecular flexibility index (Phi) is 6.64. The van der Waals surface area contributed by atoms with Gasteiger partial charge < -0.3 is 19.9 Å². The highest BCUT2D eigenvalue weighted by Crippen LogP contribution is 2.35. The average Bonchev–Trinajstić information content (AvgIpc) is 3.26. The largest absolute Gasteiger partial charge is 0.493 e. The highest BCUT2D eigenvalue weighted by atomic mass is 79.9. The van der Waals surface area contributed by atoms with Crippen LogP contribution in [0, 0.1) is 5.82 Å². The Morgan fingerprint density at radius 3 is 2.74 bits per heavy atom. The van der Waals surface area contributed by atoms with Crippen LogP contribution < -0.4 is 14.8 Å². The van der Waals surface area contributed by atoms with Crippen LogP contribution in [0.15, 0.2) is 53.3 Å². The van der Waals surface area contributed by atoms with Crippen LogP contribution in [0.2, 0.25) is 0 Å². The summed E-state index contributed by atoms with van der Waals surface area (Å²) in [6.45, 7) is 2.32. The quantitative estimate of drug-likeness (QED) is 0.465. The summed E-state index contributed by atoms with van der Waals surface area (Å²) in [5, 5.41) is 14.0. The van der Waals surface area contributed by atoms with Gasteiger partial charge in [-0.3, -0.25) is 4.90 Å². The summed E-state index contributed by atoms with van der Waals surface area (Å²) in [5.41, 5.74) is 0.895. The molecule has 0 saturated heterocycles. The molecule has 0 bridgehead atoms. The Balaban J connectivity index is 1.54. The molecular weight excluding hydrogens is 467 g/mol. The van der Waals surface area contributed by atoms with Crippen molar-refractivity contribution < 1.29 is 19.0 Å². The van der Waals surface area contributed by atoms with Crippen LogP contribution in [0.1, 0.15) is 0 Å². The number of rotatable bonds is 8. The van der Waals surface area contributed by atoms with E-state index >= 15 is 0 Å². The number of β-amino-alcohol motifs (C(OH)–C–C–N with tert-alkyl or cyclic N) is 1. The second-order valence-corrected chi connectivity index (χ2v) is 8.06. The van der Waals surface area contributed by atoms with Gasteiger partial charge in [0.1, 0.15) is 30.7 Å². The fourth-order valence-electron chi connectivity index (χ4n) is 3.36. The summed E-state index contributed by atoms with van der Waals surface area (Å²) in [6, 6.07) is 8.20. The Morgan fingerprint density at radius 1 is 1.19 bits per heavy atom. The van der Waals surface area contributed by atoms with E-state index in [0.717, 1.165) is 13.1 Å². The highest BCUT2D eigenvalue weighted by molar-refractivity contribution is 9.10. The SMILES string of the molecule is COc1cc2c(Nc3ccc(Br)cc3F)ncnc2cc1OCC(O)CN1CC=CC1. The van der Waals surface area contributed by atoms with Gasteiger partial charge in [-0.25, -0.2) is 14.4 Å². The molecule has 9 heteroatoms. The molecule has 3 aromatic rings. The Bertz CT molecular complexity index is 1100. The van der Waals surface area contributed by atoms with Crippen molar-refractivity contribution in [1.29, 1.82) is 0 Å². The minimum atomic E-state index is -0.636. The summed E-state index contributed by atoms with van der Waals surface area (Å²) in [4.78, 5) is 10.7. The monoisotopic (exact) mass is 488 g/mol. The van der Waals surface area contributed by atoms with Crippen molar-refractivity contribution in [3.63, 3.8) is 0 Å². The number of aromatic nitrogens is 2. The van der Waals surface area contributed by atoms with E-state index in [0.29, 0.717) is 44.9 Å². The van der Waals surface area contributed by atoms with E-state index in [1.807, 2.05) is 0 Å². The van der Waals surface area contributed by atoms with Gasteiger partial charge in [-0.2, -0.15) is 0 Å². The molecule has 1 atom stereocenters. The van der Waals surface area contributed by atoms with Crippen molar-refractivity contribution in [2.45, 2.75) is 6.10 Å². The Hall–Kier alpha value is -2.75. The molecule has 1 aromatic heterocycles. The normalized spacial score (nSPS) is 14.7. The number of nitrogens with zero attached hydrogens (tertiary/aromatic N) is 3. The van der Waals surface area contributed by atoms with E-state index in [4.69, 9.17) is 9.47 Å². The number of benzene rings is 2. The smallest absolute Gasteiger partial charge is 0.163 e. The van der Waals surface area contributed by atoms with Crippen molar-refractivity contribution in [3.05, 3.63) is 59.1 Å². The average molecular weight is 489 g/mol. The molecule has 4 rings (SSSR count). The maximum Gasteiger partial charge on any atom is 0.163 e. The standard InChI is InChI=1S/C22H22BrFN4O3/c1-30-20-9-16-19(10-21(20)31-12-15(29)11-28-6-2-3-7-28)25-13-26-22(16)27-18-5-4-14(23)8-17(18)24/h2-5,8-10,13,15,29H,6-7,11-12H2,1H3,(H,25,26,27). The minimum absolute atomic E-state index is 0.124. The number of methoxy groups -OCH3 is 1. The molecule has 1 unspecified atom stereocenters. The molecule has 162 valence electrons. The number of halogens is 2. The van der Waals surface area contributed by atoms with Crippen molar-refractivity contribution in [2.75, 3.05) is 38.7 Å². The maximum absolute atomic E-state index is 14.3. The number of ether oxygens (including phenoxy) is 2. The molecule has 2 N–H and O–H groups in total. The third kappa shape index (κ3) is 5.12. The van der Waals surface area contributed by atoms with Crippen LogP contribution in [-0.4, -0.2) is 59.4 Å². The fourth-order valence-corrected chi connectivity index (χ4v) is 3.70. The first-order valence-corrected chi connectivity index (χ1v) is 10.6. The molecule has 31 heavy (non-hydrogen) atoms. The van der Waals surface area contributed by atoms with Gasteiger partial charge in [-0.1, -0.05) is 28.1 Å². The number of anilines is 2. The first-order valence-electron chi connectivity index (χ1n) is 9.76. The van der Waals surface area contributed by atoms with E-state index in [1.165, 1.54) is 19.5 Å². The van der Waals surface area contributed by atoms with Crippen molar-refractivity contribution in [2.24, 2.45) is 0 Å². The molecule has 1 aliphatic heterocycles. The third-order valence-electron chi connectivity index (χ3n) is 4.90. The van der Waals surface area contributed by atoms with Crippen molar-refractivity contribution in [3.8, 4) is 11.5 Å². The van der Waals surface area contributed by atoms with Gasteiger partial charge in [0.2, 0.25) is 0 Å². The van der Waals surface area contributed by atoms with Gasteiger partial charge in [-0.05, 0) is 24.3 Å². The van der Waals surface area contributed by atoms with Gasteiger partial charge in [-0.15, -0.1) is 0 Å². The lowest BCUT2D eigenvalue weighted by atomic mass is 10.2. The van der Waals surface area contributed by atoms with Crippen LogP contribution in [0.4, 0.5) is 15.9 Å². The zero-order chi connectivity index (χ0) is 21.8. The predicted molar refractivity (Wildman–Crippen MR) is 121 cm³/mol. The lowest BCUT2D eigenvalue weighted by Gasteiger charge is -2.20. The lowest BCUT2D eigenvalue weighted by molar-refractivity contribution is 0.0762. The van der Waals surface area contributed by atoms with Crippen LogP contribution in [0.3, 0.4) is 0 Å². The van der Waals surface area contributed by atoms with Crippen LogP contribution in [0.25, 0.3) is 10.9 Å². The lowest BCUT2D eigenvalue weighted by Crippen LogP contribution is -2.34. The summed E-state index contributed by atoms with van der Waals surface area (Å²) in [6.07, 6.45) is 4.91. The molecule has 0 aliphatic carbocycles. The van der Waals surface area contributed by atoms with Crippen molar-refractivity contribution in [1.82, 2.24) is 14.9 Å². The fraction of sp³-hybridized carbons (Fsp3) is 0.273. The number of nitrogens with one attached hydrogen (secondary N) is 1. The molecule has 0 saturated carbocycles. The van der Waals surface area contributed by atoms with Gasteiger partial charge in [0, 0.05) is 35.6 Å². The zero-order valence-electron chi connectivity index (χ0n) is 16.9. The summed E-state index contributed by atoms with van der Waals surface area (Å²) < 4.78 is 26.2. The minimum Gasteiger partial charge on any atom is -0.493 e. The Morgan fingerprint density at radius 2 is 2.00 bits per heavy atom. The highest BCUT2D eigenvalue weighted by Gasteiger charge is 2.16. The summed E-state index contributed by atoms with van der Waals surface area (Å²) in [5.74, 6) is 0.970. The van der Waals surface area contributed by atoms with E-state index in [-0.39, 0.29) is 6.61 Å².